The minimum atomic E-state index is -4.56. The van der Waals surface area contributed by atoms with Gasteiger partial charge in [0, 0.05) is 55.4 Å². The number of halogens is 4. The van der Waals surface area contributed by atoms with Gasteiger partial charge < -0.3 is 19.5 Å². The van der Waals surface area contributed by atoms with E-state index in [-0.39, 0.29) is 18.1 Å². The van der Waals surface area contributed by atoms with Crippen molar-refractivity contribution in [2.24, 2.45) is 0 Å². The lowest BCUT2D eigenvalue weighted by atomic mass is 9.93. The third-order valence-electron chi connectivity index (χ3n) is 10.3. The average molecular weight is 723 g/mol. The smallest absolute Gasteiger partial charge is 0.416 e. The summed E-state index contributed by atoms with van der Waals surface area (Å²) in [6, 6.07) is 18.8. The first-order valence-electron chi connectivity index (χ1n) is 17.5. The lowest BCUT2D eigenvalue weighted by Crippen LogP contribution is -2.48. The highest BCUT2D eigenvalue weighted by molar-refractivity contribution is 6.33. The number of aromatic nitrogens is 1. The van der Waals surface area contributed by atoms with E-state index >= 15 is 0 Å². The standard InChI is InChI=1S/C39H42ClF3N4O4/c1-49-20-21-51-34-24-33-30(23-32(34)40)35(37(48)45-38(12-13-38)27-7-3-2-4-8-27)31(36(44-33)26-6-5-9-28(22-26)39(41,42)43)25-46-14-10-29(11-15-46)47-16-18-50-19-17-47/h2-9,22-24,29H,10-21,25H2,1H3,(H,45,48). The van der Waals surface area contributed by atoms with Crippen molar-refractivity contribution >= 4 is 28.4 Å². The maximum absolute atomic E-state index is 14.8. The molecule has 3 aliphatic rings. The number of carbonyl (C=O) groups excluding carboxylic acids is 1. The van der Waals surface area contributed by atoms with Crippen LogP contribution in [0.5, 0.6) is 5.75 Å². The summed E-state index contributed by atoms with van der Waals surface area (Å²) in [5.74, 6) is 0.0234. The number of hydrogen-bond donors (Lipinski definition) is 1. The highest BCUT2D eigenvalue weighted by Crippen LogP contribution is 2.46. The molecule has 0 atom stereocenters. The predicted octanol–water partition coefficient (Wildman–Crippen LogP) is 7.31. The van der Waals surface area contributed by atoms with E-state index in [0.29, 0.717) is 57.7 Å². The Kier molecular flexibility index (Phi) is 10.5. The summed E-state index contributed by atoms with van der Waals surface area (Å²) in [4.78, 5) is 24.5. The van der Waals surface area contributed by atoms with E-state index in [4.69, 9.17) is 30.8 Å². The third kappa shape index (κ3) is 7.88. The van der Waals surface area contributed by atoms with Crippen LogP contribution in [0.4, 0.5) is 13.2 Å². The van der Waals surface area contributed by atoms with Crippen LogP contribution >= 0.6 is 11.6 Å². The number of carbonyl (C=O) groups is 1. The van der Waals surface area contributed by atoms with Crippen LogP contribution in [0.1, 0.15) is 52.7 Å². The largest absolute Gasteiger partial charge is 0.490 e. The number of methoxy groups -OCH3 is 1. The van der Waals surface area contributed by atoms with Gasteiger partial charge in [0.15, 0.2) is 0 Å². The second-order valence-corrected chi connectivity index (χ2v) is 14.0. The molecule has 2 aliphatic heterocycles. The number of fused-ring (bicyclic) bond motifs is 1. The quantitative estimate of drug-likeness (QED) is 0.163. The van der Waals surface area contributed by atoms with Crippen LogP contribution in [0.3, 0.4) is 0 Å². The second-order valence-electron chi connectivity index (χ2n) is 13.6. The number of morpholine rings is 1. The lowest BCUT2D eigenvalue weighted by molar-refractivity contribution is -0.137. The molecule has 2 saturated heterocycles. The van der Waals surface area contributed by atoms with Gasteiger partial charge in [0.25, 0.3) is 5.91 Å². The monoisotopic (exact) mass is 722 g/mol. The molecule has 8 nitrogen and oxygen atoms in total. The number of hydrogen-bond acceptors (Lipinski definition) is 7. The number of piperidine rings is 1. The van der Waals surface area contributed by atoms with Gasteiger partial charge in [-0.15, -0.1) is 0 Å². The number of pyridine rings is 1. The van der Waals surface area contributed by atoms with E-state index in [1.165, 1.54) is 6.07 Å². The van der Waals surface area contributed by atoms with E-state index in [1.807, 2.05) is 30.3 Å². The Bertz CT molecular complexity index is 1860. The normalized spacial score (nSPS) is 18.5. The SMILES string of the molecule is COCCOc1cc2nc(-c3cccc(C(F)(F)F)c3)c(CN3CCC(N4CCOCC4)CC3)c(C(=O)NC3(c4ccccc4)CC3)c2cc1Cl. The summed E-state index contributed by atoms with van der Waals surface area (Å²) in [7, 11) is 1.56. The van der Waals surface area contributed by atoms with Gasteiger partial charge in [-0.25, -0.2) is 4.98 Å². The number of nitrogens with zero attached hydrogens (tertiary/aromatic N) is 3. The molecule has 51 heavy (non-hydrogen) atoms. The molecule has 1 N–H and O–H groups in total. The van der Waals surface area contributed by atoms with E-state index in [9.17, 15) is 18.0 Å². The van der Waals surface area contributed by atoms with Gasteiger partial charge in [0.2, 0.25) is 0 Å². The number of nitrogens with one attached hydrogen (secondary N) is 1. The van der Waals surface area contributed by atoms with Gasteiger partial charge in [-0.3, -0.25) is 14.6 Å². The van der Waals surface area contributed by atoms with Gasteiger partial charge >= 0.3 is 6.18 Å². The Morgan fingerprint density at radius 2 is 1.75 bits per heavy atom. The van der Waals surface area contributed by atoms with Crippen LogP contribution in [-0.2, 0) is 27.7 Å². The van der Waals surface area contributed by atoms with E-state index in [2.05, 4.69) is 15.1 Å². The van der Waals surface area contributed by atoms with E-state index < -0.39 is 17.3 Å². The zero-order chi connectivity index (χ0) is 35.6. The molecule has 1 aliphatic carbocycles. The Labute approximate surface area is 300 Å². The third-order valence-corrected chi connectivity index (χ3v) is 10.6. The van der Waals surface area contributed by atoms with Crippen LogP contribution < -0.4 is 10.1 Å². The summed E-state index contributed by atoms with van der Waals surface area (Å²) >= 11 is 6.79. The molecule has 1 saturated carbocycles. The predicted molar refractivity (Wildman–Crippen MR) is 190 cm³/mol. The van der Waals surface area contributed by atoms with Gasteiger partial charge in [-0.05, 0) is 62.5 Å². The fraction of sp³-hybridized carbons (Fsp3) is 0.436. The maximum atomic E-state index is 14.8. The van der Waals surface area contributed by atoms with Crippen molar-refractivity contribution in [2.75, 3.05) is 59.7 Å². The highest BCUT2D eigenvalue weighted by Gasteiger charge is 2.46. The van der Waals surface area contributed by atoms with Crippen LogP contribution in [0.15, 0.2) is 66.7 Å². The van der Waals surface area contributed by atoms with Gasteiger partial charge in [-0.2, -0.15) is 13.2 Å². The Morgan fingerprint density at radius 3 is 2.43 bits per heavy atom. The van der Waals surface area contributed by atoms with Crippen LogP contribution in [0, 0.1) is 0 Å². The molecule has 7 rings (SSSR count). The van der Waals surface area contributed by atoms with Crippen molar-refractivity contribution in [3.05, 3.63) is 94.0 Å². The molecule has 3 heterocycles. The zero-order valence-electron chi connectivity index (χ0n) is 28.6. The number of alkyl halides is 3. The topological polar surface area (TPSA) is 76.2 Å². The van der Waals surface area contributed by atoms with Crippen molar-refractivity contribution in [3.63, 3.8) is 0 Å². The molecule has 1 amide bonds. The highest BCUT2D eigenvalue weighted by atomic mass is 35.5. The number of likely N-dealkylation sites (tertiary alicyclic amines) is 1. The Hall–Kier alpha value is -3.74. The summed E-state index contributed by atoms with van der Waals surface area (Å²) in [6.07, 6.45) is -1.14. The van der Waals surface area contributed by atoms with Crippen molar-refractivity contribution in [1.29, 1.82) is 0 Å². The van der Waals surface area contributed by atoms with Crippen LogP contribution in [0.25, 0.3) is 22.2 Å². The van der Waals surface area contributed by atoms with Gasteiger partial charge in [0.1, 0.15) is 12.4 Å². The molecule has 3 fully saturated rings. The second kappa shape index (κ2) is 15.1. The summed E-state index contributed by atoms with van der Waals surface area (Å²) < 4.78 is 58.8. The summed E-state index contributed by atoms with van der Waals surface area (Å²) in [5.41, 5.74) is 1.60. The molecule has 4 aromatic rings. The van der Waals surface area contributed by atoms with E-state index in [0.717, 1.165) is 82.8 Å². The summed E-state index contributed by atoms with van der Waals surface area (Å²) in [5, 5.41) is 4.14. The molecule has 0 unspecified atom stereocenters. The van der Waals surface area contributed by atoms with Gasteiger partial charge in [0.05, 0.1) is 52.7 Å². The molecule has 0 radical (unpaired) electrons. The van der Waals surface area contributed by atoms with Crippen LogP contribution in [-0.4, -0.2) is 86.4 Å². The molecular weight excluding hydrogens is 681 g/mol. The minimum Gasteiger partial charge on any atom is -0.490 e. The zero-order valence-corrected chi connectivity index (χ0v) is 29.4. The molecule has 270 valence electrons. The molecule has 12 heteroatoms. The lowest BCUT2D eigenvalue weighted by Gasteiger charge is -2.40. The first kappa shape index (κ1) is 35.7. The number of amides is 1. The first-order chi connectivity index (χ1) is 24.6. The Morgan fingerprint density at radius 1 is 1.00 bits per heavy atom. The fourth-order valence-corrected chi connectivity index (χ4v) is 7.62. The average Bonchev–Trinajstić information content (AvgIpc) is 3.93. The molecule has 0 bridgehead atoms. The molecule has 0 spiro atoms. The number of rotatable bonds is 11. The maximum Gasteiger partial charge on any atom is 0.416 e. The molecule has 3 aromatic carbocycles. The Balaban J connectivity index is 1.34. The van der Waals surface area contributed by atoms with Crippen molar-refractivity contribution in [1.82, 2.24) is 20.1 Å². The minimum absolute atomic E-state index is 0.230. The van der Waals surface area contributed by atoms with E-state index in [1.54, 1.807) is 25.3 Å². The van der Waals surface area contributed by atoms with Gasteiger partial charge in [-0.1, -0.05) is 54.1 Å². The molecular formula is C39H42ClF3N4O4. The first-order valence-corrected chi connectivity index (χ1v) is 17.9. The summed E-state index contributed by atoms with van der Waals surface area (Å²) in [6.45, 7) is 5.70. The number of benzene rings is 3. The fourth-order valence-electron chi connectivity index (χ4n) is 7.40. The van der Waals surface area contributed by atoms with Crippen molar-refractivity contribution in [2.45, 2.75) is 50.0 Å². The number of ether oxygens (including phenoxy) is 3. The molecule has 1 aromatic heterocycles. The van der Waals surface area contributed by atoms with Crippen molar-refractivity contribution < 1.29 is 32.2 Å². The van der Waals surface area contributed by atoms with Crippen molar-refractivity contribution in [3.8, 4) is 17.0 Å². The van der Waals surface area contributed by atoms with Crippen LogP contribution in [0.2, 0.25) is 5.02 Å².